The SMILES string of the molecule is SCC1(CSc2ccncc2)CCOCC1. The Kier molecular flexibility index (Phi) is 4.55. The van der Waals surface area contributed by atoms with Gasteiger partial charge in [-0.3, -0.25) is 4.98 Å². The molecule has 16 heavy (non-hydrogen) atoms. The van der Waals surface area contributed by atoms with E-state index in [0.717, 1.165) is 37.6 Å². The Morgan fingerprint density at radius 3 is 2.62 bits per heavy atom. The fourth-order valence-corrected chi connectivity index (χ4v) is 3.58. The predicted molar refractivity (Wildman–Crippen MR) is 71.3 cm³/mol. The van der Waals surface area contributed by atoms with E-state index >= 15 is 0 Å². The van der Waals surface area contributed by atoms with Gasteiger partial charge < -0.3 is 4.74 Å². The zero-order chi connectivity index (χ0) is 11.3. The summed E-state index contributed by atoms with van der Waals surface area (Å²) in [4.78, 5) is 5.32. The highest BCUT2D eigenvalue weighted by molar-refractivity contribution is 7.99. The van der Waals surface area contributed by atoms with Crippen molar-refractivity contribution in [2.75, 3.05) is 24.7 Å². The molecule has 0 spiro atoms. The first-order chi connectivity index (χ1) is 7.85. The summed E-state index contributed by atoms with van der Waals surface area (Å²) in [6.07, 6.45) is 5.96. The number of nitrogens with zero attached hydrogens (tertiary/aromatic N) is 1. The minimum absolute atomic E-state index is 0.356. The topological polar surface area (TPSA) is 22.1 Å². The van der Waals surface area contributed by atoms with Gasteiger partial charge in [-0.25, -0.2) is 0 Å². The maximum Gasteiger partial charge on any atom is 0.0471 e. The Balaban J connectivity index is 1.92. The third-order valence-corrected chi connectivity index (χ3v) is 5.12. The smallest absolute Gasteiger partial charge is 0.0471 e. The molecule has 0 amide bonds. The van der Waals surface area contributed by atoms with Crippen molar-refractivity contribution in [3.8, 4) is 0 Å². The van der Waals surface area contributed by atoms with Gasteiger partial charge in [-0.05, 0) is 36.1 Å². The number of thioether (sulfide) groups is 1. The summed E-state index contributed by atoms with van der Waals surface area (Å²) in [7, 11) is 0. The van der Waals surface area contributed by atoms with Gasteiger partial charge in [-0.15, -0.1) is 11.8 Å². The second-order valence-electron chi connectivity index (χ2n) is 4.24. The van der Waals surface area contributed by atoms with Gasteiger partial charge in [0.25, 0.3) is 0 Å². The molecule has 0 atom stereocenters. The molecule has 0 N–H and O–H groups in total. The van der Waals surface area contributed by atoms with Gasteiger partial charge >= 0.3 is 0 Å². The summed E-state index contributed by atoms with van der Waals surface area (Å²) in [5, 5.41) is 0. The lowest BCUT2D eigenvalue weighted by Crippen LogP contribution is -2.33. The lowest BCUT2D eigenvalue weighted by Gasteiger charge is -2.35. The predicted octanol–water partition coefficient (Wildman–Crippen LogP) is 2.90. The van der Waals surface area contributed by atoms with Crippen LogP contribution in [0.15, 0.2) is 29.4 Å². The fraction of sp³-hybridized carbons (Fsp3) is 0.583. The Morgan fingerprint density at radius 2 is 2.00 bits per heavy atom. The highest BCUT2D eigenvalue weighted by Gasteiger charge is 2.31. The van der Waals surface area contributed by atoms with Crippen LogP contribution in [0.2, 0.25) is 0 Å². The summed E-state index contributed by atoms with van der Waals surface area (Å²) in [5.41, 5.74) is 0.356. The molecule has 0 unspecified atom stereocenters. The quantitative estimate of drug-likeness (QED) is 0.660. The van der Waals surface area contributed by atoms with Crippen LogP contribution in [0.4, 0.5) is 0 Å². The van der Waals surface area contributed by atoms with Crippen LogP contribution in [0, 0.1) is 5.41 Å². The molecule has 88 valence electrons. The maximum atomic E-state index is 5.43. The van der Waals surface area contributed by atoms with E-state index in [1.165, 1.54) is 4.90 Å². The third-order valence-electron chi connectivity index (χ3n) is 3.08. The zero-order valence-electron chi connectivity index (χ0n) is 9.26. The Hall–Kier alpha value is -0.190. The lowest BCUT2D eigenvalue weighted by molar-refractivity contribution is 0.0371. The van der Waals surface area contributed by atoms with E-state index < -0.39 is 0 Å². The van der Waals surface area contributed by atoms with Gasteiger partial charge in [-0.2, -0.15) is 12.6 Å². The fourth-order valence-electron chi connectivity index (χ4n) is 1.82. The van der Waals surface area contributed by atoms with Gasteiger partial charge in [0.05, 0.1) is 0 Å². The molecule has 1 aromatic heterocycles. The van der Waals surface area contributed by atoms with Crippen LogP contribution < -0.4 is 0 Å². The summed E-state index contributed by atoms with van der Waals surface area (Å²) in [5.74, 6) is 2.08. The molecule has 1 saturated heterocycles. The van der Waals surface area contributed by atoms with Crippen molar-refractivity contribution < 1.29 is 4.74 Å². The van der Waals surface area contributed by atoms with Crippen LogP contribution in [0.25, 0.3) is 0 Å². The molecule has 0 aromatic carbocycles. The van der Waals surface area contributed by atoms with Crippen LogP contribution in [0.1, 0.15) is 12.8 Å². The number of ether oxygens (including phenoxy) is 1. The van der Waals surface area contributed by atoms with E-state index in [1.807, 2.05) is 24.2 Å². The average molecular weight is 255 g/mol. The summed E-state index contributed by atoms with van der Waals surface area (Å²) in [6.45, 7) is 1.77. The molecule has 1 aliphatic heterocycles. The van der Waals surface area contributed by atoms with Gasteiger partial charge in [0.15, 0.2) is 0 Å². The second kappa shape index (κ2) is 5.94. The molecule has 1 aromatic rings. The average Bonchev–Trinajstić information content (AvgIpc) is 2.39. The van der Waals surface area contributed by atoms with Crippen LogP contribution in [-0.2, 0) is 4.74 Å². The number of hydrogen-bond donors (Lipinski definition) is 1. The van der Waals surface area contributed by atoms with Crippen LogP contribution >= 0.6 is 24.4 Å². The van der Waals surface area contributed by atoms with Gasteiger partial charge in [-0.1, -0.05) is 0 Å². The van der Waals surface area contributed by atoms with Crippen molar-refractivity contribution in [1.29, 1.82) is 0 Å². The Bertz CT molecular complexity index is 312. The number of thiol groups is 1. The first kappa shape index (κ1) is 12.3. The zero-order valence-corrected chi connectivity index (χ0v) is 11.0. The van der Waals surface area contributed by atoms with E-state index in [2.05, 4.69) is 29.7 Å². The minimum Gasteiger partial charge on any atom is -0.381 e. The van der Waals surface area contributed by atoms with Crippen LogP contribution in [-0.4, -0.2) is 29.7 Å². The summed E-state index contributed by atoms with van der Waals surface area (Å²) >= 11 is 6.42. The van der Waals surface area contributed by atoms with Gasteiger partial charge in [0, 0.05) is 36.3 Å². The van der Waals surface area contributed by atoms with Gasteiger partial charge in [0.1, 0.15) is 0 Å². The van der Waals surface area contributed by atoms with E-state index in [4.69, 9.17) is 4.74 Å². The number of rotatable bonds is 4. The van der Waals surface area contributed by atoms with Crippen molar-refractivity contribution in [3.05, 3.63) is 24.5 Å². The maximum absolute atomic E-state index is 5.43. The second-order valence-corrected chi connectivity index (χ2v) is 5.61. The van der Waals surface area contributed by atoms with Crippen molar-refractivity contribution in [2.24, 2.45) is 5.41 Å². The first-order valence-corrected chi connectivity index (χ1v) is 7.18. The molecule has 4 heteroatoms. The molecule has 1 aliphatic rings. The minimum atomic E-state index is 0.356. The highest BCUT2D eigenvalue weighted by Crippen LogP contribution is 2.37. The molecular weight excluding hydrogens is 238 g/mol. The van der Waals surface area contributed by atoms with Crippen molar-refractivity contribution in [1.82, 2.24) is 4.98 Å². The first-order valence-electron chi connectivity index (χ1n) is 5.56. The van der Waals surface area contributed by atoms with Gasteiger partial charge in [0.2, 0.25) is 0 Å². The third kappa shape index (κ3) is 3.15. The number of hydrogen-bond acceptors (Lipinski definition) is 4. The highest BCUT2D eigenvalue weighted by atomic mass is 32.2. The van der Waals surface area contributed by atoms with E-state index in [0.29, 0.717) is 5.41 Å². The lowest BCUT2D eigenvalue weighted by atomic mass is 9.84. The normalized spacial score (nSPS) is 19.6. The Labute approximate surface area is 107 Å². The molecular formula is C12H17NOS2. The van der Waals surface area contributed by atoms with E-state index in [9.17, 15) is 0 Å². The molecule has 0 bridgehead atoms. The monoisotopic (exact) mass is 255 g/mol. The molecule has 1 fully saturated rings. The molecule has 0 radical (unpaired) electrons. The van der Waals surface area contributed by atoms with E-state index in [-0.39, 0.29) is 0 Å². The molecule has 2 nitrogen and oxygen atoms in total. The summed E-state index contributed by atoms with van der Waals surface area (Å²) in [6, 6.07) is 4.13. The number of pyridine rings is 1. The van der Waals surface area contributed by atoms with Crippen LogP contribution in [0.3, 0.4) is 0 Å². The molecule has 2 heterocycles. The summed E-state index contributed by atoms with van der Waals surface area (Å²) < 4.78 is 5.43. The van der Waals surface area contributed by atoms with E-state index in [1.54, 1.807) is 0 Å². The Morgan fingerprint density at radius 1 is 1.31 bits per heavy atom. The largest absolute Gasteiger partial charge is 0.381 e. The van der Waals surface area contributed by atoms with Crippen molar-refractivity contribution >= 4 is 24.4 Å². The van der Waals surface area contributed by atoms with Crippen molar-refractivity contribution in [3.63, 3.8) is 0 Å². The number of aromatic nitrogens is 1. The van der Waals surface area contributed by atoms with Crippen LogP contribution in [0.5, 0.6) is 0 Å². The molecule has 0 saturated carbocycles. The molecule has 2 rings (SSSR count). The molecule has 0 aliphatic carbocycles. The van der Waals surface area contributed by atoms with Crippen molar-refractivity contribution in [2.45, 2.75) is 17.7 Å². The standard InChI is InChI=1S/C12H17NOS2/c15-9-12(3-7-14-8-4-12)10-16-11-1-5-13-6-2-11/h1-2,5-6,15H,3-4,7-10H2.